The van der Waals surface area contributed by atoms with Crippen molar-refractivity contribution in [2.24, 2.45) is 0 Å². The zero-order valence-corrected chi connectivity index (χ0v) is 19.8. The van der Waals surface area contributed by atoms with E-state index < -0.39 is 0 Å². The SMILES string of the molecule is Cc1ccc2c(N3CCN(CCc4cccc(N5CC(C)(C)NC5=O)c4)CC3)cccc2n1. The molecule has 6 nitrogen and oxygen atoms in total. The van der Waals surface area contributed by atoms with Gasteiger partial charge in [0.05, 0.1) is 17.6 Å². The summed E-state index contributed by atoms with van der Waals surface area (Å²) in [5, 5.41) is 4.28. The van der Waals surface area contributed by atoms with E-state index >= 15 is 0 Å². The molecule has 5 rings (SSSR count). The third-order valence-electron chi connectivity index (χ3n) is 6.74. The summed E-state index contributed by atoms with van der Waals surface area (Å²) in [5.41, 5.74) is 5.50. The van der Waals surface area contributed by atoms with Gasteiger partial charge in [-0.2, -0.15) is 0 Å². The van der Waals surface area contributed by atoms with Gasteiger partial charge in [-0.25, -0.2) is 4.79 Å². The second-order valence-electron chi connectivity index (χ2n) is 9.95. The highest BCUT2D eigenvalue weighted by atomic mass is 16.2. The van der Waals surface area contributed by atoms with E-state index in [0.717, 1.165) is 56.0 Å². The number of carbonyl (C=O) groups excluding carboxylic acids is 1. The molecule has 6 heteroatoms. The molecule has 2 aliphatic heterocycles. The van der Waals surface area contributed by atoms with E-state index in [-0.39, 0.29) is 11.6 Å². The molecular weight excluding hydrogens is 410 g/mol. The molecule has 3 heterocycles. The number of benzene rings is 2. The zero-order chi connectivity index (χ0) is 23.0. The number of amides is 2. The molecule has 172 valence electrons. The maximum absolute atomic E-state index is 12.4. The predicted molar refractivity (Wildman–Crippen MR) is 135 cm³/mol. The monoisotopic (exact) mass is 443 g/mol. The fourth-order valence-corrected chi connectivity index (χ4v) is 4.97. The molecule has 33 heavy (non-hydrogen) atoms. The van der Waals surface area contributed by atoms with E-state index in [4.69, 9.17) is 4.98 Å². The topological polar surface area (TPSA) is 51.7 Å². The molecule has 2 aromatic carbocycles. The van der Waals surface area contributed by atoms with Crippen molar-refractivity contribution in [3.05, 3.63) is 65.9 Å². The Balaban J connectivity index is 1.19. The minimum Gasteiger partial charge on any atom is -0.368 e. The van der Waals surface area contributed by atoms with E-state index in [9.17, 15) is 4.79 Å². The third-order valence-corrected chi connectivity index (χ3v) is 6.74. The van der Waals surface area contributed by atoms with Crippen molar-refractivity contribution in [1.82, 2.24) is 15.2 Å². The molecule has 3 aromatic rings. The van der Waals surface area contributed by atoms with Gasteiger partial charge in [-0.05, 0) is 69.2 Å². The van der Waals surface area contributed by atoms with Crippen LogP contribution in [0.1, 0.15) is 25.1 Å². The summed E-state index contributed by atoms with van der Waals surface area (Å²) >= 11 is 0. The summed E-state index contributed by atoms with van der Waals surface area (Å²) in [6, 6.07) is 19.2. The molecule has 0 saturated carbocycles. The van der Waals surface area contributed by atoms with Crippen molar-refractivity contribution < 1.29 is 4.79 Å². The molecule has 1 aromatic heterocycles. The number of rotatable bonds is 5. The van der Waals surface area contributed by atoms with Crippen LogP contribution in [0, 0.1) is 6.92 Å². The highest BCUT2D eigenvalue weighted by Crippen LogP contribution is 2.27. The molecular formula is C27H33N5O. The van der Waals surface area contributed by atoms with E-state index in [1.807, 2.05) is 17.9 Å². The van der Waals surface area contributed by atoms with Crippen molar-refractivity contribution in [2.75, 3.05) is 49.1 Å². The van der Waals surface area contributed by atoms with Gasteiger partial charge in [-0.1, -0.05) is 18.2 Å². The minimum atomic E-state index is -0.189. The van der Waals surface area contributed by atoms with Crippen LogP contribution >= 0.6 is 0 Å². The molecule has 0 aliphatic carbocycles. The van der Waals surface area contributed by atoms with Gasteiger partial charge in [-0.3, -0.25) is 14.8 Å². The lowest BCUT2D eigenvalue weighted by Gasteiger charge is -2.36. The summed E-state index contributed by atoms with van der Waals surface area (Å²) in [5.74, 6) is 0. The second kappa shape index (κ2) is 8.67. The molecule has 2 saturated heterocycles. The van der Waals surface area contributed by atoms with Crippen LogP contribution in [0.15, 0.2) is 54.6 Å². The van der Waals surface area contributed by atoms with Gasteiger partial charge in [0.2, 0.25) is 0 Å². The molecule has 2 aliphatic rings. The average Bonchev–Trinajstić information content (AvgIpc) is 3.09. The predicted octanol–water partition coefficient (Wildman–Crippen LogP) is 4.22. The summed E-state index contributed by atoms with van der Waals surface area (Å²) in [7, 11) is 0. The molecule has 0 unspecified atom stereocenters. The maximum Gasteiger partial charge on any atom is 0.322 e. The number of urea groups is 1. The molecule has 0 bridgehead atoms. The number of hydrogen-bond acceptors (Lipinski definition) is 4. The van der Waals surface area contributed by atoms with Crippen molar-refractivity contribution in [1.29, 1.82) is 0 Å². The first-order chi connectivity index (χ1) is 15.9. The Kier molecular flexibility index (Phi) is 5.71. The number of nitrogens with one attached hydrogen (secondary N) is 1. The Hall–Kier alpha value is -3.12. The van der Waals surface area contributed by atoms with Crippen LogP contribution in [0.25, 0.3) is 10.9 Å². The number of hydrogen-bond donors (Lipinski definition) is 1. The van der Waals surface area contributed by atoms with Crippen LogP contribution in [-0.4, -0.2) is 60.7 Å². The van der Waals surface area contributed by atoms with Gasteiger partial charge in [0, 0.05) is 55.2 Å². The Morgan fingerprint density at radius 3 is 2.55 bits per heavy atom. The molecule has 2 amide bonds. The van der Waals surface area contributed by atoms with Gasteiger partial charge < -0.3 is 10.2 Å². The molecule has 0 radical (unpaired) electrons. The van der Waals surface area contributed by atoms with Crippen LogP contribution in [0.2, 0.25) is 0 Å². The van der Waals surface area contributed by atoms with Crippen LogP contribution < -0.4 is 15.1 Å². The van der Waals surface area contributed by atoms with Crippen molar-refractivity contribution in [3.8, 4) is 0 Å². The van der Waals surface area contributed by atoms with Gasteiger partial charge >= 0.3 is 6.03 Å². The van der Waals surface area contributed by atoms with Crippen LogP contribution in [-0.2, 0) is 6.42 Å². The molecule has 0 spiro atoms. The quantitative estimate of drug-likeness (QED) is 0.642. The van der Waals surface area contributed by atoms with Crippen molar-refractivity contribution in [2.45, 2.75) is 32.7 Å². The number of pyridine rings is 1. The number of anilines is 2. The van der Waals surface area contributed by atoms with Crippen LogP contribution in [0.4, 0.5) is 16.2 Å². The van der Waals surface area contributed by atoms with Crippen molar-refractivity contribution >= 4 is 28.3 Å². The average molecular weight is 444 g/mol. The molecule has 0 atom stereocenters. The first-order valence-corrected chi connectivity index (χ1v) is 11.9. The van der Waals surface area contributed by atoms with Crippen LogP contribution in [0.5, 0.6) is 0 Å². The number of fused-ring (bicyclic) bond motifs is 1. The van der Waals surface area contributed by atoms with Crippen LogP contribution in [0.3, 0.4) is 0 Å². The first kappa shape index (κ1) is 21.7. The van der Waals surface area contributed by atoms with E-state index in [2.05, 4.69) is 77.5 Å². The first-order valence-electron chi connectivity index (χ1n) is 11.9. The Bertz CT molecular complexity index is 1170. The number of carbonyl (C=O) groups is 1. The molecule has 1 N–H and O–H groups in total. The summed E-state index contributed by atoms with van der Waals surface area (Å²) in [6.07, 6.45) is 0.990. The van der Waals surface area contributed by atoms with Crippen molar-refractivity contribution in [3.63, 3.8) is 0 Å². The van der Waals surface area contributed by atoms with E-state index in [1.54, 1.807) is 0 Å². The standard InChI is InChI=1S/C27H33N5O/c1-20-10-11-23-24(28-20)8-5-9-25(23)31-16-14-30(15-17-31)13-12-21-6-4-7-22(18-21)32-19-27(2,3)29-26(32)33/h4-11,18H,12-17,19H2,1-3H3,(H,29,33). The highest BCUT2D eigenvalue weighted by molar-refractivity contribution is 5.95. The normalized spacial score (nSPS) is 18.7. The fourth-order valence-electron chi connectivity index (χ4n) is 4.97. The lowest BCUT2D eigenvalue weighted by atomic mass is 10.1. The number of nitrogens with zero attached hydrogens (tertiary/aromatic N) is 4. The smallest absolute Gasteiger partial charge is 0.322 e. The maximum atomic E-state index is 12.4. The van der Waals surface area contributed by atoms with Gasteiger partial charge in [-0.15, -0.1) is 0 Å². The number of aryl methyl sites for hydroxylation is 1. The van der Waals surface area contributed by atoms with Gasteiger partial charge in [0.1, 0.15) is 0 Å². The lowest BCUT2D eigenvalue weighted by molar-refractivity contribution is 0.248. The summed E-state index contributed by atoms with van der Waals surface area (Å²) < 4.78 is 0. The van der Waals surface area contributed by atoms with E-state index in [0.29, 0.717) is 6.54 Å². The van der Waals surface area contributed by atoms with Gasteiger partial charge in [0.25, 0.3) is 0 Å². The molecule has 2 fully saturated rings. The number of aromatic nitrogens is 1. The fraction of sp³-hybridized carbons (Fsp3) is 0.407. The summed E-state index contributed by atoms with van der Waals surface area (Å²) in [6.45, 7) is 12.0. The largest absolute Gasteiger partial charge is 0.368 e. The Morgan fingerprint density at radius 1 is 1.00 bits per heavy atom. The number of piperazine rings is 1. The summed E-state index contributed by atoms with van der Waals surface area (Å²) in [4.78, 5) is 23.9. The van der Waals surface area contributed by atoms with E-state index in [1.165, 1.54) is 16.6 Å². The second-order valence-corrected chi connectivity index (χ2v) is 9.95. The van der Waals surface area contributed by atoms with Gasteiger partial charge in [0.15, 0.2) is 0 Å². The minimum absolute atomic E-state index is 0.00734. The zero-order valence-electron chi connectivity index (χ0n) is 19.8. The Labute approximate surface area is 196 Å². The Morgan fingerprint density at radius 2 is 1.79 bits per heavy atom. The lowest BCUT2D eigenvalue weighted by Crippen LogP contribution is -2.47. The third kappa shape index (κ3) is 4.67. The highest BCUT2D eigenvalue weighted by Gasteiger charge is 2.35.